The molecule has 0 bridgehead atoms. The maximum absolute atomic E-state index is 14.2. The first-order chi connectivity index (χ1) is 17.0. The number of halogens is 1. The number of rotatable bonds is 6. The van der Waals surface area contributed by atoms with E-state index in [1.54, 1.807) is 17.0 Å². The highest BCUT2D eigenvalue weighted by Crippen LogP contribution is 2.29. The number of amides is 2. The Hall–Kier alpha value is -3.81. The summed E-state index contributed by atoms with van der Waals surface area (Å²) in [6.45, 7) is 4.36. The molecule has 3 aromatic rings. The first kappa shape index (κ1) is 23.0. The average molecular weight is 474 g/mol. The smallest absolute Gasteiger partial charge is 0.257 e. The molecule has 0 N–H and O–H groups in total. The van der Waals surface area contributed by atoms with Crippen LogP contribution in [-0.4, -0.2) is 70.6 Å². The molecule has 2 aliphatic rings. The topological polar surface area (TPSA) is 69.6 Å². The zero-order valence-electron chi connectivity index (χ0n) is 19.7. The maximum Gasteiger partial charge on any atom is 0.257 e. The number of piperazine rings is 1. The van der Waals surface area contributed by atoms with E-state index in [1.807, 2.05) is 31.2 Å². The molecule has 5 rings (SSSR count). The van der Waals surface area contributed by atoms with Crippen molar-refractivity contribution in [1.82, 2.24) is 20.0 Å². The molecule has 0 spiro atoms. The van der Waals surface area contributed by atoms with E-state index in [0.29, 0.717) is 26.2 Å². The van der Waals surface area contributed by atoms with Crippen LogP contribution < -0.4 is 4.90 Å². The molecule has 0 radical (unpaired) electrons. The summed E-state index contributed by atoms with van der Waals surface area (Å²) >= 11 is 0. The van der Waals surface area contributed by atoms with Gasteiger partial charge in [-0.1, -0.05) is 42.0 Å². The SMILES string of the molecule is Cc1ccc(-c2ccc(N3CCN(C(=O)CN(C(=O)c4ccccc4F)C4CC4)CC3)nn2)cc1. The fourth-order valence-electron chi connectivity index (χ4n) is 4.35. The van der Waals surface area contributed by atoms with E-state index < -0.39 is 11.7 Å². The van der Waals surface area contributed by atoms with Crippen LogP contribution in [0, 0.1) is 12.7 Å². The lowest BCUT2D eigenvalue weighted by atomic mass is 10.1. The van der Waals surface area contributed by atoms with Crippen LogP contribution in [0.25, 0.3) is 11.3 Å². The number of benzene rings is 2. The molecule has 2 amide bonds. The van der Waals surface area contributed by atoms with Gasteiger partial charge in [0.15, 0.2) is 5.82 Å². The minimum Gasteiger partial charge on any atom is -0.352 e. The fourth-order valence-corrected chi connectivity index (χ4v) is 4.35. The molecule has 1 aliphatic heterocycles. The summed E-state index contributed by atoms with van der Waals surface area (Å²) in [5, 5.41) is 8.78. The lowest BCUT2D eigenvalue weighted by Crippen LogP contribution is -2.52. The molecule has 2 aromatic carbocycles. The van der Waals surface area contributed by atoms with Gasteiger partial charge in [-0.05, 0) is 44.0 Å². The molecular weight excluding hydrogens is 445 g/mol. The first-order valence-electron chi connectivity index (χ1n) is 12.0. The van der Waals surface area contributed by atoms with E-state index in [4.69, 9.17) is 0 Å². The summed E-state index contributed by atoms with van der Waals surface area (Å²) in [5.41, 5.74) is 3.06. The zero-order chi connectivity index (χ0) is 24.4. The van der Waals surface area contributed by atoms with Crippen molar-refractivity contribution in [2.24, 2.45) is 0 Å². The van der Waals surface area contributed by atoms with Gasteiger partial charge in [0.1, 0.15) is 12.4 Å². The quantitative estimate of drug-likeness (QED) is 0.548. The van der Waals surface area contributed by atoms with Crippen molar-refractivity contribution in [3.8, 4) is 11.3 Å². The highest BCUT2D eigenvalue weighted by atomic mass is 19.1. The number of hydrogen-bond donors (Lipinski definition) is 0. The van der Waals surface area contributed by atoms with Crippen LogP contribution in [0.4, 0.5) is 10.2 Å². The summed E-state index contributed by atoms with van der Waals surface area (Å²) in [6, 6.07) is 18.0. The van der Waals surface area contributed by atoms with Gasteiger partial charge in [0, 0.05) is 37.8 Å². The standard InChI is InChI=1S/C27H28FN5O2/c1-19-6-8-20(9-7-19)24-12-13-25(30-29-24)31-14-16-32(17-15-31)26(34)18-33(21-10-11-21)27(35)22-4-2-3-5-23(22)28/h2-9,12-13,21H,10-11,14-18H2,1H3. The number of carbonyl (C=O) groups excluding carboxylic acids is 2. The average Bonchev–Trinajstić information content (AvgIpc) is 3.73. The molecular formula is C27H28FN5O2. The lowest BCUT2D eigenvalue weighted by Gasteiger charge is -2.36. The van der Waals surface area contributed by atoms with Crippen molar-refractivity contribution in [1.29, 1.82) is 0 Å². The van der Waals surface area contributed by atoms with Crippen LogP contribution in [0.5, 0.6) is 0 Å². The number of carbonyl (C=O) groups is 2. The van der Waals surface area contributed by atoms with Crippen molar-refractivity contribution in [3.63, 3.8) is 0 Å². The van der Waals surface area contributed by atoms with Crippen LogP contribution in [0.1, 0.15) is 28.8 Å². The van der Waals surface area contributed by atoms with Gasteiger partial charge in [-0.25, -0.2) is 4.39 Å². The third-order valence-corrected chi connectivity index (χ3v) is 6.61. The Morgan fingerprint density at radius 3 is 2.29 bits per heavy atom. The molecule has 0 unspecified atom stereocenters. The predicted octanol–water partition coefficient (Wildman–Crippen LogP) is 3.54. The van der Waals surface area contributed by atoms with Gasteiger partial charge in [-0.15, -0.1) is 10.2 Å². The number of anilines is 1. The molecule has 1 aromatic heterocycles. The maximum atomic E-state index is 14.2. The fraction of sp³-hybridized carbons (Fsp3) is 0.333. The molecule has 2 heterocycles. The minimum absolute atomic E-state index is 0.00895. The number of nitrogens with zero attached hydrogens (tertiary/aromatic N) is 5. The van der Waals surface area contributed by atoms with Crippen molar-refractivity contribution >= 4 is 17.6 Å². The third kappa shape index (κ3) is 5.16. The Morgan fingerprint density at radius 1 is 0.943 bits per heavy atom. The van der Waals surface area contributed by atoms with Crippen molar-refractivity contribution < 1.29 is 14.0 Å². The summed E-state index contributed by atoms with van der Waals surface area (Å²) in [6.07, 6.45) is 1.69. The number of aromatic nitrogens is 2. The second kappa shape index (κ2) is 9.82. The van der Waals surface area contributed by atoms with Gasteiger partial charge in [0.25, 0.3) is 5.91 Å². The van der Waals surface area contributed by atoms with Crippen LogP contribution in [0.2, 0.25) is 0 Å². The van der Waals surface area contributed by atoms with Crippen LogP contribution in [0.15, 0.2) is 60.7 Å². The van der Waals surface area contributed by atoms with E-state index in [2.05, 4.69) is 27.2 Å². The van der Waals surface area contributed by atoms with Crippen LogP contribution in [0.3, 0.4) is 0 Å². The van der Waals surface area contributed by atoms with Gasteiger partial charge in [-0.2, -0.15) is 0 Å². The second-order valence-corrected chi connectivity index (χ2v) is 9.15. The van der Waals surface area contributed by atoms with Crippen molar-refractivity contribution in [3.05, 3.63) is 77.6 Å². The van der Waals surface area contributed by atoms with E-state index in [1.165, 1.54) is 22.6 Å². The Kier molecular flexibility index (Phi) is 6.44. The van der Waals surface area contributed by atoms with E-state index in [-0.39, 0.29) is 24.1 Å². The van der Waals surface area contributed by atoms with Gasteiger partial charge >= 0.3 is 0 Å². The van der Waals surface area contributed by atoms with E-state index in [9.17, 15) is 14.0 Å². The summed E-state index contributed by atoms with van der Waals surface area (Å²) in [4.78, 5) is 31.4. The molecule has 1 aliphatic carbocycles. The molecule has 1 saturated carbocycles. The van der Waals surface area contributed by atoms with E-state index in [0.717, 1.165) is 29.9 Å². The highest BCUT2D eigenvalue weighted by molar-refractivity contribution is 5.97. The molecule has 35 heavy (non-hydrogen) atoms. The van der Waals surface area contributed by atoms with Crippen molar-refractivity contribution in [2.75, 3.05) is 37.6 Å². The summed E-state index contributed by atoms with van der Waals surface area (Å²) in [5.74, 6) is -0.301. The highest BCUT2D eigenvalue weighted by Gasteiger charge is 2.36. The minimum atomic E-state index is -0.557. The molecule has 1 saturated heterocycles. The van der Waals surface area contributed by atoms with Crippen LogP contribution >= 0.6 is 0 Å². The molecule has 180 valence electrons. The van der Waals surface area contributed by atoms with Gasteiger partial charge in [0.2, 0.25) is 5.91 Å². The van der Waals surface area contributed by atoms with E-state index >= 15 is 0 Å². The second-order valence-electron chi connectivity index (χ2n) is 9.15. The Balaban J connectivity index is 1.18. The van der Waals surface area contributed by atoms with Gasteiger partial charge in [0.05, 0.1) is 11.3 Å². The monoisotopic (exact) mass is 473 g/mol. The number of aryl methyl sites for hydroxylation is 1. The number of hydrogen-bond acceptors (Lipinski definition) is 5. The predicted molar refractivity (Wildman–Crippen MR) is 131 cm³/mol. The molecule has 7 nitrogen and oxygen atoms in total. The Bertz CT molecular complexity index is 1200. The summed E-state index contributed by atoms with van der Waals surface area (Å²) < 4.78 is 14.2. The molecule has 0 atom stereocenters. The third-order valence-electron chi connectivity index (χ3n) is 6.61. The lowest BCUT2D eigenvalue weighted by molar-refractivity contribution is -0.132. The summed E-state index contributed by atoms with van der Waals surface area (Å²) in [7, 11) is 0. The zero-order valence-corrected chi connectivity index (χ0v) is 19.7. The molecule has 2 fully saturated rings. The van der Waals surface area contributed by atoms with Gasteiger partial charge < -0.3 is 14.7 Å². The van der Waals surface area contributed by atoms with Gasteiger partial charge in [-0.3, -0.25) is 9.59 Å². The first-order valence-corrected chi connectivity index (χ1v) is 12.0. The van der Waals surface area contributed by atoms with Crippen molar-refractivity contribution in [2.45, 2.75) is 25.8 Å². The van der Waals surface area contributed by atoms with Crippen LogP contribution in [-0.2, 0) is 4.79 Å². The molecule has 8 heteroatoms. The normalized spacial score (nSPS) is 15.7. The largest absolute Gasteiger partial charge is 0.352 e. The Labute approximate surface area is 204 Å². The Morgan fingerprint density at radius 2 is 1.66 bits per heavy atom.